The van der Waals surface area contributed by atoms with E-state index in [1.807, 2.05) is 46.8 Å². The van der Waals surface area contributed by atoms with Crippen molar-refractivity contribution >= 4 is 52.1 Å². The van der Waals surface area contributed by atoms with Gasteiger partial charge in [0.15, 0.2) is 5.82 Å². The number of carbonyl (C=O) groups excluding carboxylic acids is 4. The van der Waals surface area contributed by atoms with E-state index in [2.05, 4.69) is 140 Å². The minimum atomic E-state index is -0.948. The molecule has 3 aliphatic heterocycles. The summed E-state index contributed by atoms with van der Waals surface area (Å²) in [7, 11) is 0. The van der Waals surface area contributed by atoms with Gasteiger partial charge in [-0.05, 0) is 98.4 Å². The highest BCUT2D eigenvalue weighted by Crippen LogP contribution is 2.42. The number of amides is 4. The van der Waals surface area contributed by atoms with Gasteiger partial charge in [0.05, 0.1) is 30.9 Å². The van der Waals surface area contributed by atoms with Gasteiger partial charge in [0.1, 0.15) is 30.6 Å². The summed E-state index contributed by atoms with van der Waals surface area (Å²) < 4.78 is 7.96. The highest BCUT2D eigenvalue weighted by molar-refractivity contribution is 7.13. The number of hydrogen-bond acceptors (Lipinski definition) is 12. The monoisotopic (exact) mass is 1060 g/mol. The van der Waals surface area contributed by atoms with Crippen LogP contribution in [-0.4, -0.2) is 130 Å². The first kappa shape index (κ1) is 55.0. The minimum absolute atomic E-state index is 0.00377. The molecular formula is C60H74N10O6S. The number of likely N-dealkylation sites (tertiary alicyclic amines) is 1. The van der Waals surface area contributed by atoms with Gasteiger partial charge in [0.2, 0.25) is 23.6 Å². The second-order valence-corrected chi connectivity index (χ2v) is 23.2. The standard InChI is InChI=1S/C60H74N10O6S/c1-36-10-14-44(15-11-36)54-53-39(4)38(3)30-49(53)70-41(6)65-66-57(70)48(63-54)32-51(72)61-33-42-12-20-46(21-13-42)68-25-23-67(24-26-68)27-28-76-35-52(73)64-56(60(7,8)9)59(75)69-34-47(71)31-50(69)58(74)62-40(5)43-16-18-45(19-17-43)55-37(2)22-29-77-55/h10-22,29,40,47-48,50,56,71H,23-28,30-35H2,1-9H3,(H,61,72)(H,62,74)(H,64,73)/t40-,47?,48?,50?,56+/m0/s1. The van der Waals surface area contributed by atoms with Gasteiger partial charge in [-0.1, -0.05) is 92.6 Å². The molecule has 9 rings (SSSR count). The second kappa shape index (κ2) is 23.4. The number of aliphatic hydroxyl groups is 1. The molecule has 2 aromatic heterocycles. The number of anilines is 1. The van der Waals surface area contributed by atoms with Crippen molar-refractivity contribution in [2.45, 2.75) is 118 Å². The Balaban J connectivity index is 0.711. The van der Waals surface area contributed by atoms with E-state index in [0.717, 1.165) is 83.3 Å². The molecule has 0 spiro atoms. The summed E-state index contributed by atoms with van der Waals surface area (Å²) in [6, 6.07) is 24.3. The maximum absolute atomic E-state index is 14.2. The molecule has 4 N–H and O–H groups in total. The Kier molecular flexibility index (Phi) is 16.7. The molecule has 77 heavy (non-hydrogen) atoms. The highest BCUT2D eigenvalue weighted by Gasteiger charge is 2.45. The van der Waals surface area contributed by atoms with Crippen LogP contribution >= 0.6 is 11.3 Å². The van der Waals surface area contributed by atoms with Crippen LogP contribution in [0.1, 0.15) is 112 Å². The van der Waals surface area contributed by atoms with Crippen molar-refractivity contribution in [1.29, 1.82) is 0 Å². The van der Waals surface area contributed by atoms with Crippen LogP contribution in [0.4, 0.5) is 5.69 Å². The predicted molar refractivity (Wildman–Crippen MR) is 302 cm³/mol. The number of hydrogen-bond donors (Lipinski definition) is 4. The van der Waals surface area contributed by atoms with Crippen LogP contribution in [0, 0.1) is 26.2 Å². The zero-order valence-corrected chi connectivity index (χ0v) is 46.8. The van der Waals surface area contributed by atoms with Gasteiger partial charge in [-0.2, -0.15) is 0 Å². The Morgan fingerprint density at radius 1 is 0.844 bits per heavy atom. The molecule has 5 heterocycles. The molecule has 4 aliphatic rings. The Labute approximate surface area is 456 Å². The van der Waals surface area contributed by atoms with Gasteiger partial charge >= 0.3 is 0 Å². The molecule has 0 bridgehead atoms. The molecular weight excluding hydrogens is 989 g/mol. The second-order valence-electron chi connectivity index (χ2n) is 22.3. The molecule has 17 heteroatoms. The van der Waals surface area contributed by atoms with E-state index >= 15 is 0 Å². The van der Waals surface area contributed by atoms with Gasteiger partial charge in [0, 0.05) is 86.1 Å². The highest BCUT2D eigenvalue weighted by atomic mass is 32.1. The number of rotatable bonds is 17. The number of nitrogens with zero attached hydrogens (tertiary/aromatic N) is 7. The lowest BCUT2D eigenvalue weighted by atomic mass is 9.85. The van der Waals surface area contributed by atoms with Gasteiger partial charge in [0.25, 0.3) is 0 Å². The number of β-amino-alcohol motifs (C(OH)–C–C–N with tert-alkyl or cyclic N) is 1. The van der Waals surface area contributed by atoms with E-state index in [4.69, 9.17) is 9.73 Å². The average Bonchev–Trinajstić information content (AvgIpc) is 4.22. The SMILES string of the molecule is CC1=C(C)C2=C(C1)n1c(C)nnc1C(CC(=O)NCc1ccc(N3CCN(CCOCC(=O)N[C@H](C(=O)N4CC(O)CC4C(=O)N[C@@H](C)c4ccc(-c5sccc5C)cc4)C(C)(C)C)CC3)cc1)N=C2c1ccc(C)cc1. The Hall–Kier alpha value is -6.79. The van der Waals surface area contributed by atoms with E-state index in [9.17, 15) is 24.3 Å². The van der Waals surface area contributed by atoms with Crippen LogP contribution in [0.3, 0.4) is 0 Å². The van der Waals surface area contributed by atoms with Crippen LogP contribution in [0.2, 0.25) is 0 Å². The van der Waals surface area contributed by atoms with Crippen molar-refractivity contribution in [1.82, 2.24) is 40.5 Å². The Morgan fingerprint density at radius 3 is 2.22 bits per heavy atom. The number of aromatic nitrogens is 3. The zero-order chi connectivity index (χ0) is 54.7. The fourth-order valence-corrected chi connectivity index (χ4v) is 11.8. The van der Waals surface area contributed by atoms with E-state index in [0.29, 0.717) is 25.5 Å². The van der Waals surface area contributed by atoms with E-state index in [1.54, 1.807) is 11.3 Å². The topological polar surface area (TPSA) is 187 Å². The number of thiophene rings is 1. The van der Waals surface area contributed by atoms with Crippen molar-refractivity contribution < 1.29 is 29.0 Å². The first-order chi connectivity index (χ1) is 36.8. The third-order valence-corrected chi connectivity index (χ3v) is 16.6. The van der Waals surface area contributed by atoms with Crippen LogP contribution in [-0.2, 0) is 30.5 Å². The Bertz CT molecular complexity index is 3070. The maximum Gasteiger partial charge on any atom is 0.246 e. The van der Waals surface area contributed by atoms with Crippen molar-refractivity contribution in [3.63, 3.8) is 0 Å². The molecule has 5 aromatic rings. The summed E-state index contributed by atoms with van der Waals surface area (Å²) in [6.45, 7) is 22.4. The first-order valence-corrected chi connectivity index (χ1v) is 27.8. The molecule has 1 aliphatic carbocycles. The molecule has 2 fully saturated rings. The lowest BCUT2D eigenvalue weighted by Crippen LogP contribution is -2.58. The maximum atomic E-state index is 14.2. The summed E-state index contributed by atoms with van der Waals surface area (Å²) in [5.41, 5.74) is 12.5. The first-order valence-electron chi connectivity index (χ1n) is 26.9. The largest absolute Gasteiger partial charge is 0.391 e. The normalized spacial score (nSPS) is 19.6. The number of aliphatic imine (C=N–C) groups is 1. The molecule has 4 amide bonds. The summed E-state index contributed by atoms with van der Waals surface area (Å²) in [5, 5.41) is 30.9. The molecule has 16 nitrogen and oxygen atoms in total. The van der Waals surface area contributed by atoms with Gasteiger partial charge in [-0.3, -0.25) is 33.6 Å². The number of ether oxygens (including phenoxy) is 1. The van der Waals surface area contributed by atoms with Crippen LogP contribution < -0.4 is 20.9 Å². The lowest BCUT2D eigenvalue weighted by molar-refractivity contribution is -0.144. The third-order valence-electron chi connectivity index (χ3n) is 15.5. The van der Waals surface area contributed by atoms with Crippen molar-refractivity contribution in [2.24, 2.45) is 10.4 Å². The summed E-state index contributed by atoms with van der Waals surface area (Å²) in [6.07, 6.45) is 0.152. The fourth-order valence-electron chi connectivity index (χ4n) is 10.8. The smallest absolute Gasteiger partial charge is 0.246 e. The fraction of sp³-hybridized carbons (Fsp3) is 0.450. The molecule has 406 valence electrons. The number of aryl methyl sites for hydroxylation is 3. The molecule has 3 aromatic carbocycles. The quantitative estimate of drug-likeness (QED) is 0.0675. The summed E-state index contributed by atoms with van der Waals surface area (Å²) in [5.74, 6) is 0.160. The number of aliphatic hydroxyl groups excluding tert-OH is 1. The molecule has 3 unspecified atom stereocenters. The van der Waals surface area contributed by atoms with Crippen molar-refractivity contribution in [2.75, 3.05) is 57.4 Å². The molecule has 2 saturated heterocycles. The minimum Gasteiger partial charge on any atom is -0.391 e. The van der Waals surface area contributed by atoms with Crippen molar-refractivity contribution in [3.8, 4) is 10.4 Å². The number of piperazine rings is 1. The van der Waals surface area contributed by atoms with Crippen LogP contribution in [0.15, 0.2) is 106 Å². The summed E-state index contributed by atoms with van der Waals surface area (Å²) in [4.78, 5) is 67.5. The predicted octanol–water partition coefficient (Wildman–Crippen LogP) is 7.64. The number of nitrogens with one attached hydrogen (secondary N) is 3. The van der Waals surface area contributed by atoms with E-state index < -0.39 is 41.5 Å². The number of benzene rings is 3. The molecule has 0 radical (unpaired) electrons. The van der Waals surface area contributed by atoms with Crippen LogP contribution in [0.25, 0.3) is 16.1 Å². The van der Waals surface area contributed by atoms with E-state index in [-0.39, 0.29) is 43.8 Å². The molecule has 5 atom stereocenters. The third kappa shape index (κ3) is 12.5. The average molecular weight is 1060 g/mol. The van der Waals surface area contributed by atoms with Gasteiger partial charge in [-0.25, -0.2) is 0 Å². The van der Waals surface area contributed by atoms with Gasteiger partial charge < -0.3 is 35.6 Å². The number of fused-ring (bicyclic) bond motifs is 2. The Morgan fingerprint density at radius 2 is 1.55 bits per heavy atom. The van der Waals surface area contributed by atoms with Crippen LogP contribution in [0.5, 0.6) is 0 Å². The zero-order valence-electron chi connectivity index (χ0n) is 46.0. The van der Waals surface area contributed by atoms with E-state index in [1.165, 1.54) is 32.1 Å². The van der Waals surface area contributed by atoms with Crippen molar-refractivity contribution in [3.05, 3.63) is 140 Å². The summed E-state index contributed by atoms with van der Waals surface area (Å²) >= 11 is 1.69. The number of carbonyl (C=O) groups is 4. The van der Waals surface area contributed by atoms with Gasteiger partial charge in [-0.15, -0.1) is 21.5 Å². The number of allylic oxidation sites excluding steroid dienone is 4. The molecule has 0 saturated carbocycles. The lowest BCUT2D eigenvalue weighted by Gasteiger charge is -2.36.